The minimum Gasteiger partial charge on any atom is -0.492 e. The molecule has 0 atom stereocenters. The van der Waals surface area contributed by atoms with Crippen molar-refractivity contribution in [3.05, 3.63) is 40.9 Å². The molecule has 0 bridgehead atoms. The van der Waals surface area contributed by atoms with E-state index < -0.39 is 11.7 Å². The quantitative estimate of drug-likeness (QED) is 0.740. The van der Waals surface area contributed by atoms with Gasteiger partial charge in [-0.05, 0) is 24.3 Å². The third-order valence-corrected chi connectivity index (χ3v) is 4.91. The maximum atomic E-state index is 12.5. The van der Waals surface area contributed by atoms with Crippen LogP contribution in [0.3, 0.4) is 0 Å². The molecule has 0 saturated carbocycles. The minimum absolute atomic E-state index is 0.375. The molecule has 0 spiro atoms. The van der Waals surface area contributed by atoms with E-state index in [1.807, 2.05) is 6.20 Å². The molecule has 26 heavy (non-hydrogen) atoms. The van der Waals surface area contributed by atoms with Crippen LogP contribution in [0.5, 0.6) is 5.75 Å². The van der Waals surface area contributed by atoms with Gasteiger partial charge in [-0.15, -0.1) is 11.3 Å². The van der Waals surface area contributed by atoms with E-state index in [0.717, 1.165) is 48.4 Å². The van der Waals surface area contributed by atoms with Gasteiger partial charge in [0.05, 0.1) is 18.8 Å². The van der Waals surface area contributed by atoms with Crippen molar-refractivity contribution in [1.29, 1.82) is 0 Å². The largest absolute Gasteiger partial charge is 0.492 e. The van der Waals surface area contributed by atoms with Gasteiger partial charge < -0.3 is 19.7 Å². The number of rotatable bonds is 7. The summed E-state index contributed by atoms with van der Waals surface area (Å²) in [6, 6.07) is 4.71. The second-order valence-electron chi connectivity index (χ2n) is 5.76. The number of halogens is 3. The van der Waals surface area contributed by atoms with Gasteiger partial charge in [0.2, 0.25) is 0 Å². The number of hydrogen-bond donors (Lipinski definition) is 1. The number of aromatic nitrogens is 1. The van der Waals surface area contributed by atoms with E-state index in [4.69, 9.17) is 9.47 Å². The monoisotopic (exact) mass is 387 g/mol. The van der Waals surface area contributed by atoms with E-state index in [9.17, 15) is 13.2 Å². The van der Waals surface area contributed by atoms with Crippen LogP contribution in [-0.2, 0) is 17.5 Å². The SMILES string of the molecule is FC(F)(F)c1ccc(OCCNCc2cnc(N3CCOCC3)s2)cc1. The predicted molar refractivity (Wildman–Crippen MR) is 93.8 cm³/mol. The van der Waals surface area contributed by atoms with Crippen molar-refractivity contribution < 1.29 is 22.6 Å². The standard InChI is InChI=1S/C17H20F3N3O2S/c18-17(19,20)13-1-3-14(4-2-13)25-8-5-21-11-15-12-22-16(26-15)23-6-9-24-10-7-23/h1-4,12,21H,5-11H2. The maximum absolute atomic E-state index is 12.5. The Morgan fingerprint density at radius 3 is 2.62 bits per heavy atom. The molecule has 0 radical (unpaired) electrons. The minimum atomic E-state index is -4.32. The lowest BCUT2D eigenvalue weighted by Gasteiger charge is -2.25. The molecule has 1 aromatic carbocycles. The Balaban J connectivity index is 1.36. The van der Waals surface area contributed by atoms with E-state index in [1.54, 1.807) is 11.3 Å². The van der Waals surface area contributed by atoms with Gasteiger partial charge in [-0.25, -0.2) is 4.98 Å². The van der Waals surface area contributed by atoms with E-state index in [2.05, 4.69) is 15.2 Å². The molecule has 1 fully saturated rings. The molecule has 0 aliphatic carbocycles. The van der Waals surface area contributed by atoms with Crippen LogP contribution in [0.2, 0.25) is 0 Å². The number of ether oxygens (including phenoxy) is 2. The lowest BCUT2D eigenvalue weighted by atomic mass is 10.2. The van der Waals surface area contributed by atoms with Crippen LogP contribution in [0.1, 0.15) is 10.4 Å². The van der Waals surface area contributed by atoms with Crippen molar-refractivity contribution in [2.75, 3.05) is 44.4 Å². The number of nitrogens with zero attached hydrogens (tertiary/aromatic N) is 2. The molecule has 1 saturated heterocycles. The molecule has 9 heteroatoms. The number of benzene rings is 1. The van der Waals surface area contributed by atoms with Crippen molar-refractivity contribution in [2.45, 2.75) is 12.7 Å². The van der Waals surface area contributed by atoms with Crippen LogP contribution < -0.4 is 15.0 Å². The van der Waals surface area contributed by atoms with E-state index in [-0.39, 0.29) is 0 Å². The number of thiazole rings is 1. The zero-order chi connectivity index (χ0) is 18.4. The van der Waals surface area contributed by atoms with Crippen LogP contribution in [0.25, 0.3) is 0 Å². The number of hydrogen-bond acceptors (Lipinski definition) is 6. The summed E-state index contributed by atoms with van der Waals surface area (Å²) in [5.41, 5.74) is -0.677. The molecule has 3 rings (SSSR count). The van der Waals surface area contributed by atoms with Crippen molar-refractivity contribution in [2.24, 2.45) is 0 Å². The Morgan fingerprint density at radius 2 is 1.92 bits per heavy atom. The molecular formula is C17H20F3N3O2S. The fourth-order valence-corrected chi connectivity index (χ4v) is 3.40. The smallest absolute Gasteiger partial charge is 0.416 e. The summed E-state index contributed by atoms with van der Waals surface area (Å²) in [4.78, 5) is 7.78. The summed E-state index contributed by atoms with van der Waals surface area (Å²) >= 11 is 1.65. The highest BCUT2D eigenvalue weighted by molar-refractivity contribution is 7.15. The first-order valence-corrected chi connectivity index (χ1v) is 9.12. The lowest BCUT2D eigenvalue weighted by molar-refractivity contribution is -0.137. The summed E-state index contributed by atoms with van der Waals surface area (Å²) in [5, 5.41) is 4.25. The van der Waals surface area contributed by atoms with Gasteiger partial charge in [0, 0.05) is 37.3 Å². The highest BCUT2D eigenvalue weighted by Gasteiger charge is 2.30. The van der Waals surface area contributed by atoms with Crippen molar-refractivity contribution >= 4 is 16.5 Å². The summed E-state index contributed by atoms with van der Waals surface area (Å²) in [6.07, 6.45) is -2.46. The Morgan fingerprint density at radius 1 is 1.19 bits per heavy atom. The fraction of sp³-hybridized carbons (Fsp3) is 0.471. The maximum Gasteiger partial charge on any atom is 0.416 e. The normalized spacial score (nSPS) is 15.3. The molecule has 2 heterocycles. The Kier molecular flexibility index (Phi) is 6.33. The highest BCUT2D eigenvalue weighted by atomic mass is 32.1. The second-order valence-corrected chi connectivity index (χ2v) is 6.85. The Bertz CT molecular complexity index is 685. The van der Waals surface area contributed by atoms with E-state index in [0.29, 0.717) is 25.4 Å². The van der Waals surface area contributed by atoms with Crippen LogP contribution in [0.4, 0.5) is 18.3 Å². The van der Waals surface area contributed by atoms with Crippen molar-refractivity contribution in [3.63, 3.8) is 0 Å². The molecular weight excluding hydrogens is 367 g/mol. The Labute approximate surface area is 153 Å². The van der Waals surface area contributed by atoms with Crippen LogP contribution in [0.15, 0.2) is 30.5 Å². The number of alkyl halides is 3. The van der Waals surface area contributed by atoms with Crippen LogP contribution in [-0.4, -0.2) is 44.4 Å². The zero-order valence-electron chi connectivity index (χ0n) is 14.1. The first-order chi connectivity index (χ1) is 12.5. The topological polar surface area (TPSA) is 46.6 Å². The molecule has 142 valence electrons. The Hall–Kier alpha value is -1.84. The van der Waals surface area contributed by atoms with Gasteiger partial charge >= 0.3 is 6.18 Å². The van der Waals surface area contributed by atoms with Gasteiger partial charge in [0.25, 0.3) is 0 Å². The molecule has 0 unspecified atom stereocenters. The zero-order valence-corrected chi connectivity index (χ0v) is 14.9. The van der Waals surface area contributed by atoms with Gasteiger partial charge in [0.1, 0.15) is 12.4 Å². The van der Waals surface area contributed by atoms with Gasteiger partial charge in [-0.2, -0.15) is 13.2 Å². The summed E-state index contributed by atoms with van der Waals surface area (Å²) in [5.74, 6) is 0.423. The van der Waals surface area contributed by atoms with Crippen LogP contribution in [0, 0.1) is 0 Å². The van der Waals surface area contributed by atoms with Crippen molar-refractivity contribution in [3.8, 4) is 5.75 Å². The van der Waals surface area contributed by atoms with E-state index >= 15 is 0 Å². The summed E-state index contributed by atoms with van der Waals surface area (Å²) < 4.78 is 48.2. The number of morpholine rings is 1. The molecule has 1 aliphatic heterocycles. The van der Waals surface area contributed by atoms with Gasteiger partial charge in [0.15, 0.2) is 5.13 Å². The predicted octanol–water partition coefficient (Wildman–Crippen LogP) is 3.17. The third kappa shape index (κ3) is 5.33. The van der Waals surface area contributed by atoms with Gasteiger partial charge in [-0.1, -0.05) is 0 Å². The molecule has 5 nitrogen and oxygen atoms in total. The summed E-state index contributed by atoms with van der Waals surface area (Å²) in [7, 11) is 0. The third-order valence-electron chi connectivity index (χ3n) is 3.85. The average Bonchev–Trinajstić information content (AvgIpc) is 3.11. The van der Waals surface area contributed by atoms with E-state index in [1.165, 1.54) is 12.1 Å². The number of nitrogens with one attached hydrogen (secondary N) is 1. The van der Waals surface area contributed by atoms with Crippen molar-refractivity contribution in [1.82, 2.24) is 10.3 Å². The lowest BCUT2D eigenvalue weighted by Crippen LogP contribution is -2.36. The second kappa shape index (κ2) is 8.70. The molecule has 1 aromatic heterocycles. The average molecular weight is 387 g/mol. The molecule has 2 aromatic rings. The first kappa shape index (κ1) is 18.9. The summed E-state index contributed by atoms with van der Waals surface area (Å²) in [6.45, 7) is 4.83. The molecule has 1 aliphatic rings. The highest BCUT2D eigenvalue weighted by Crippen LogP contribution is 2.30. The molecule has 1 N–H and O–H groups in total. The van der Waals surface area contributed by atoms with Crippen LogP contribution >= 0.6 is 11.3 Å². The fourth-order valence-electron chi connectivity index (χ4n) is 2.47. The first-order valence-electron chi connectivity index (χ1n) is 8.30. The van der Waals surface area contributed by atoms with Gasteiger partial charge in [-0.3, -0.25) is 0 Å². The number of anilines is 1. The molecule has 0 amide bonds.